The van der Waals surface area contributed by atoms with Gasteiger partial charge in [-0.15, -0.1) is 10.2 Å². The number of hydrogen-bond acceptors (Lipinski definition) is 5. The molecule has 0 radical (unpaired) electrons. The van der Waals surface area contributed by atoms with Gasteiger partial charge in [0.2, 0.25) is 11.7 Å². The van der Waals surface area contributed by atoms with Crippen molar-refractivity contribution in [2.24, 2.45) is 0 Å². The third kappa shape index (κ3) is 3.14. The molecule has 0 spiro atoms. The van der Waals surface area contributed by atoms with Crippen LogP contribution in [0.25, 0.3) is 11.4 Å². The normalized spacial score (nSPS) is 14.3. The Kier molecular flexibility index (Phi) is 3.20. The Bertz CT molecular complexity index is 563. The monoisotopic (exact) mass is 258 g/mol. The summed E-state index contributed by atoms with van der Waals surface area (Å²) in [6.07, 6.45) is 2.33. The summed E-state index contributed by atoms with van der Waals surface area (Å²) in [6.45, 7) is 0.344. The van der Waals surface area contributed by atoms with Crippen LogP contribution in [-0.2, 0) is 4.79 Å². The van der Waals surface area contributed by atoms with Gasteiger partial charge in [0.05, 0.1) is 6.54 Å². The molecule has 1 fully saturated rings. The molecule has 7 nitrogen and oxygen atoms in total. The van der Waals surface area contributed by atoms with E-state index in [1.165, 1.54) is 12.8 Å². The van der Waals surface area contributed by atoms with E-state index in [1.807, 2.05) is 24.3 Å². The van der Waals surface area contributed by atoms with Crippen molar-refractivity contribution in [3.63, 3.8) is 0 Å². The van der Waals surface area contributed by atoms with E-state index in [9.17, 15) is 4.79 Å². The maximum atomic E-state index is 11.7. The lowest BCUT2D eigenvalue weighted by Crippen LogP contribution is -2.29. The number of carbonyl (C=O) groups is 1. The number of aromatic amines is 1. The predicted molar refractivity (Wildman–Crippen MR) is 69.3 cm³/mol. The van der Waals surface area contributed by atoms with E-state index < -0.39 is 0 Å². The topological polar surface area (TPSA) is 95.6 Å². The van der Waals surface area contributed by atoms with Crippen LogP contribution < -0.4 is 10.6 Å². The first-order valence-electron chi connectivity index (χ1n) is 6.18. The van der Waals surface area contributed by atoms with E-state index in [-0.39, 0.29) is 5.91 Å². The number of rotatable bonds is 5. The Labute approximate surface area is 109 Å². The standard InChI is InChI=1S/C12H14N6O/c19-11(7-13-9-4-5-9)14-10-3-1-2-8(6-10)12-15-17-18-16-12/h1-3,6,9,13H,4-5,7H2,(H,14,19)(H,15,16,17,18). The van der Waals surface area contributed by atoms with Gasteiger partial charge in [0.15, 0.2) is 0 Å². The molecule has 98 valence electrons. The van der Waals surface area contributed by atoms with Crippen molar-refractivity contribution in [2.45, 2.75) is 18.9 Å². The average Bonchev–Trinajstić information content (AvgIpc) is 3.09. The second kappa shape index (κ2) is 5.15. The summed E-state index contributed by atoms with van der Waals surface area (Å²) in [7, 11) is 0. The van der Waals surface area contributed by atoms with Gasteiger partial charge in [0, 0.05) is 17.3 Å². The molecule has 2 aromatic rings. The van der Waals surface area contributed by atoms with E-state index in [2.05, 4.69) is 31.3 Å². The first kappa shape index (κ1) is 11.8. The maximum absolute atomic E-state index is 11.7. The zero-order chi connectivity index (χ0) is 13.1. The van der Waals surface area contributed by atoms with E-state index in [1.54, 1.807) is 0 Å². The van der Waals surface area contributed by atoms with E-state index in [0.717, 1.165) is 11.3 Å². The minimum absolute atomic E-state index is 0.0443. The molecule has 1 aromatic heterocycles. The summed E-state index contributed by atoms with van der Waals surface area (Å²) in [5.41, 5.74) is 1.53. The van der Waals surface area contributed by atoms with E-state index in [0.29, 0.717) is 18.4 Å². The van der Waals surface area contributed by atoms with Gasteiger partial charge in [-0.3, -0.25) is 4.79 Å². The second-order valence-corrected chi connectivity index (χ2v) is 4.52. The fraction of sp³-hybridized carbons (Fsp3) is 0.333. The van der Waals surface area contributed by atoms with Crippen LogP contribution in [0.15, 0.2) is 24.3 Å². The molecule has 0 atom stereocenters. The molecule has 7 heteroatoms. The Morgan fingerprint density at radius 1 is 1.42 bits per heavy atom. The largest absolute Gasteiger partial charge is 0.325 e. The Morgan fingerprint density at radius 2 is 2.32 bits per heavy atom. The third-order valence-electron chi connectivity index (χ3n) is 2.88. The summed E-state index contributed by atoms with van der Waals surface area (Å²) >= 11 is 0. The van der Waals surface area contributed by atoms with Gasteiger partial charge in [-0.25, -0.2) is 0 Å². The first-order chi connectivity index (χ1) is 9.31. The highest BCUT2D eigenvalue weighted by atomic mass is 16.1. The summed E-state index contributed by atoms with van der Waals surface area (Å²) in [5, 5.41) is 19.7. The van der Waals surface area contributed by atoms with Gasteiger partial charge in [0.1, 0.15) is 0 Å². The van der Waals surface area contributed by atoms with Crippen LogP contribution in [0.5, 0.6) is 0 Å². The summed E-state index contributed by atoms with van der Waals surface area (Å²) in [4.78, 5) is 11.7. The van der Waals surface area contributed by atoms with Crippen LogP contribution >= 0.6 is 0 Å². The molecular formula is C12H14N6O. The summed E-state index contributed by atoms with van der Waals surface area (Å²) < 4.78 is 0. The van der Waals surface area contributed by atoms with Gasteiger partial charge in [-0.05, 0) is 30.2 Å². The van der Waals surface area contributed by atoms with Crippen molar-refractivity contribution in [3.8, 4) is 11.4 Å². The second-order valence-electron chi connectivity index (χ2n) is 4.52. The third-order valence-corrected chi connectivity index (χ3v) is 2.88. The molecule has 3 rings (SSSR count). The fourth-order valence-corrected chi connectivity index (χ4v) is 1.75. The molecule has 0 bridgehead atoms. The SMILES string of the molecule is O=C(CNC1CC1)Nc1cccc(-c2nn[nH]n2)c1. The van der Waals surface area contributed by atoms with E-state index in [4.69, 9.17) is 0 Å². The first-order valence-corrected chi connectivity index (χ1v) is 6.18. The number of nitrogens with zero attached hydrogens (tertiary/aromatic N) is 3. The van der Waals surface area contributed by atoms with Crippen LogP contribution in [0.2, 0.25) is 0 Å². The number of amides is 1. The van der Waals surface area contributed by atoms with Crippen LogP contribution in [0, 0.1) is 0 Å². The zero-order valence-corrected chi connectivity index (χ0v) is 10.3. The van der Waals surface area contributed by atoms with Crippen molar-refractivity contribution < 1.29 is 4.79 Å². The minimum atomic E-state index is -0.0443. The maximum Gasteiger partial charge on any atom is 0.238 e. The number of H-pyrrole nitrogens is 1. The molecule has 1 aliphatic carbocycles. The lowest BCUT2D eigenvalue weighted by atomic mass is 10.2. The van der Waals surface area contributed by atoms with Crippen molar-refractivity contribution >= 4 is 11.6 Å². The number of nitrogens with one attached hydrogen (secondary N) is 3. The molecule has 1 amide bonds. The van der Waals surface area contributed by atoms with Crippen molar-refractivity contribution in [1.29, 1.82) is 0 Å². The number of anilines is 1. The quantitative estimate of drug-likeness (QED) is 0.728. The molecule has 1 saturated carbocycles. The van der Waals surface area contributed by atoms with Gasteiger partial charge < -0.3 is 10.6 Å². The highest BCUT2D eigenvalue weighted by molar-refractivity contribution is 5.92. The van der Waals surface area contributed by atoms with Crippen LogP contribution in [0.4, 0.5) is 5.69 Å². The fourth-order valence-electron chi connectivity index (χ4n) is 1.75. The zero-order valence-electron chi connectivity index (χ0n) is 10.3. The number of benzene rings is 1. The minimum Gasteiger partial charge on any atom is -0.325 e. The Morgan fingerprint density at radius 3 is 3.05 bits per heavy atom. The molecule has 1 aliphatic rings. The highest BCUT2D eigenvalue weighted by Crippen LogP contribution is 2.19. The molecule has 1 heterocycles. The van der Waals surface area contributed by atoms with Crippen LogP contribution in [0.3, 0.4) is 0 Å². The number of tetrazole rings is 1. The lowest BCUT2D eigenvalue weighted by Gasteiger charge is -2.06. The van der Waals surface area contributed by atoms with Gasteiger partial charge >= 0.3 is 0 Å². The Balaban J connectivity index is 1.63. The number of aromatic nitrogens is 4. The molecule has 19 heavy (non-hydrogen) atoms. The molecule has 0 saturated heterocycles. The summed E-state index contributed by atoms with van der Waals surface area (Å²) in [6, 6.07) is 7.88. The lowest BCUT2D eigenvalue weighted by molar-refractivity contribution is -0.115. The molecule has 3 N–H and O–H groups in total. The molecular weight excluding hydrogens is 244 g/mol. The van der Waals surface area contributed by atoms with Gasteiger partial charge in [-0.2, -0.15) is 5.21 Å². The van der Waals surface area contributed by atoms with Crippen LogP contribution in [0.1, 0.15) is 12.8 Å². The van der Waals surface area contributed by atoms with E-state index >= 15 is 0 Å². The number of carbonyl (C=O) groups excluding carboxylic acids is 1. The van der Waals surface area contributed by atoms with Gasteiger partial charge in [-0.1, -0.05) is 12.1 Å². The molecule has 1 aromatic carbocycles. The smallest absolute Gasteiger partial charge is 0.238 e. The van der Waals surface area contributed by atoms with Crippen molar-refractivity contribution in [1.82, 2.24) is 25.9 Å². The average molecular weight is 258 g/mol. The Hall–Kier alpha value is -2.28. The molecule has 0 unspecified atom stereocenters. The highest BCUT2D eigenvalue weighted by Gasteiger charge is 2.21. The van der Waals surface area contributed by atoms with Crippen molar-refractivity contribution in [3.05, 3.63) is 24.3 Å². The van der Waals surface area contributed by atoms with Gasteiger partial charge in [0.25, 0.3) is 0 Å². The summed E-state index contributed by atoms with van der Waals surface area (Å²) in [5.74, 6) is 0.462. The van der Waals surface area contributed by atoms with Crippen molar-refractivity contribution in [2.75, 3.05) is 11.9 Å². The van der Waals surface area contributed by atoms with Crippen LogP contribution in [-0.4, -0.2) is 39.1 Å². The molecule has 0 aliphatic heterocycles. The number of hydrogen-bond donors (Lipinski definition) is 3. The predicted octanol–water partition coefficient (Wildman–Crippen LogP) is 0.557.